The number of rotatable bonds is 4. The van der Waals surface area contributed by atoms with Gasteiger partial charge in [0, 0.05) is 38.8 Å². The molecule has 1 rings (SSSR count). The van der Waals surface area contributed by atoms with Crippen LogP contribution in [-0.4, -0.2) is 49.6 Å². The van der Waals surface area contributed by atoms with Crippen molar-refractivity contribution in [3.8, 4) is 0 Å². The van der Waals surface area contributed by atoms with E-state index < -0.39 is 0 Å². The van der Waals surface area contributed by atoms with E-state index in [2.05, 4.69) is 30.8 Å². The molecule has 0 spiro atoms. The van der Waals surface area contributed by atoms with Crippen LogP contribution < -0.4 is 0 Å². The molecule has 0 amide bonds. The van der Waals surface area contributed by atoms with Crippen LogP contribution in [0.3, 0.4) is 0 Å². The summed E-state index contributed by atoms with van der Waals surface area (Å²) in [5, 5.41) is 0. The molecule has 1 radical (unpaired) electrons. The third-order valence-corrected chi connectivity index (χ3v) is 3.12. The van der Waals surface area contributed by atoms with E-state index in [0.717, 1.165) is 6.04 Å². The second-order valence-electron chi connectivity index (χ2n) is 4.39. The largest absolute Gasteiger partial charge is 0.358 e. The standard InChI is InChI=1S/C11H24N2.2C2H6.CH3.Y/c1-4-5-8-13-9-6-11(7-10-13)12(2)3;2*1-2;;/h11H,4-10H2,1-3H3;2*1-2H3;1H3;/q;;;-1;. The summed E-state index contributed by atoms with van der Waals surface area (Å²) in [6.07, 6.45) is 5.41. The molecule has 1 saturated heterocycles. The zero-order chi connectivity index (χ0) is 13.7. The van der Waals surface area contributed by atoms with Crippen molar-refractivity contribution in [3.63, 3.8) is 0 Å². The quantitative estimate of drug-likeness (QED) is 0.699. The minimum Gasteiger partial charge on any atom is -0.358 e. The van der Waals surface area contributed by atoms with Gasteiger partial charge in [0.25, 0.3) is 0 Å². The average molecular weight is 348 g/mol. The Balaban J connectivity index is -0.000000171. The van der Waals surface area contributed by atoms with E-state index in [4.69, 9.17) is 0 Å². The van der Waals surface area contributed by atoms with Crippen LogP contribution in [0.2, 0.25) is 0 Å². The fourth-order valence-electron chi connectivity index (χ4n) is 2.04. The van der Waals surface area contributed by atoms with Crippen LogP contribution >= 0.6 is 0 Å². The maximum absolute atomic E-state index is 2.61. The van der Waals surface area contributed by atoms with Crippen molar-refractivity contribution in [2.75, 3.05) is 33.7 Å². The normalized spacial score (nSPS) is 15.2. The molecule has 0 saturated carbocycles. The molecule has 1 heterocycles. The molecule has 2 nitrogen and oxygen atoms in total. The van der Waals surface area contributed by atoms with Crippen LogP contribution in [0, 0.1) is 7.43 Å². The van der Waals surface area contributed by atoms with Crippen molar-refractivity contribution >= 4 is 0 Å². The molecule has 0 aromatic rings. The first-order chi connectivity index (χ1) is 8.24. The van der Waals surface area contributed by atoms with Gasteiger partial charge in [-0.3, -0.25) is 0 Å². The maximum atomic E-state index is 2.61. The van der Waals surface area contributed by atoms with Gasteiger partial charge in [-0.05, 0) is 53.0 Å². The minimum atomic E-state index is 0. The number of unbranched alkanes of at least 4 members (excludes halogenated alkanes) is 1. The van der Waals surface area contributed by atoms with E-state index in [-0.39, 0.29) is 40.1 Å². The predicted octanol–water partition coefficient (Wildman–Crippen LogP) is 4.31. The minimum absolute atomic E-state index is 0. The second-order valence-corrected chi connectivity index (χ2v) is 4.39. The number of likely N-dealkylation sites (tertiary alicyclic amines) is 1. The predicted molar refractivity (Wildman–Crippen MR) is 87.2 cm³/mol. The van der Waals surface area contributed by atoms with Gasteiger partial charge in [0.05, 0.1) is 0 Å². The maximum Gasteiger partial charge on any atom is 0.0113 e. The van der Waals surface area contributed by atoms with E-state index in [1.54, 1.807) is 0 Å². The average Bonchev–Trinajstić information content (AvgIpc) is 2.41. The Morgan fingerprint density at radius 1 is 1.00 bits per heavy atom. The molecular weight excluding hydrogens is 309 g/mol. The Bertz CT molecular complexity index is 133. The molecule has 0 N–H and O–H groups in total. The molecular formula is C16H39N2Y-. The first-order valence-corrected chi connectivity index (χ1v) is 7.62. The topological polar surface area (TPSA) is 6.48 Å². The Morgan fingerprint density at radius 3 is 1.74 bits per heavy atom. The molecule has 0 aliphatic carbocycles. The van der Waals surface area contributed by atoms with Gasteiger partial charge in [-0.15, -0.1) is 0 Å². The van der Waals surface area contributed by atoms with E-state index in [9.17, 15) is 0 Å². The van der Waals surface area contributed by atoms with Crippen LogP contribution in [0.1, 0.15) is 60.3 Å². The van der Waals surface area contributed by atoms with Crippen molar-refractivity contribution in [2.45, 2.75) is 66.3 Å². The molecule has 19 heavy (non-hydrogen) atoms. The fraction of sp³-hybridized carbons (Fsp3) is 0.938. The van der Waals surface area contributed by atoms with Crippen molar-refractivity contribution in [1.29, 1.82) is 0 Å². The molecule has 117 valence electrons. The fourth-order valence-corrected chi connectivity index (χ4v) is 2.04. The summed E-state index contributed by atoms with van der Waals surface area (Å²) in [6.45, 7) is 14.2. The third kappa shape index (κ3) is 15.2. The molecule has 0 atom stereocenters. The van der Waals surface area contributed by atoms with E-state index in [1.807, 2.05) is 27.7 Å². The van der Waals surface area contributed by atoms with E-state index in [1.165, 1.54) is 45.3 Å². The molecule has 0 unspecified atom stereocenters. The number of hydrogen-bond donors (Lipinski definition) is 0. The molecule has 0 bridgehead atoms. The van der Waals surface area contributed by atoms with E-state index in [0.29, 0.717) is 0 Å². The molecule has 3 heteroatoms. The SMILES string of the molecule is CC.CC.CCCCN1CCC(N(C)C)CC1.[CH3-].[Y]. The molecule has 1 aliphatic rings. The van der Waals surface area contributed by atoms with Crippen LogP contribution in [0.25, 0.3) is 0 Å². The molecule has 1 fully saturated rings. The molecule has 1 aliphatic heterocycles. The third-order valence-electron chi connectivity index (χ3n) is 3.12. The van der Waals surface area contributed by atoms with Crippen molar-refractivity contribution in [1.82, 2.24) is 9.80 Å². The van der Waals surface area contributed by atoms with Crippen LogP contribution in [0.5, 0.6) is 0 Å². The van der Waals surface area contributed by atoms with Gasteiger partial charge in [0.1, 0.15) is 0 Å². The number of nitrogens with zero attached hydrogens (tertiary/aromatic N) is 2. The number of hydrogen-bond acceptors (Lipinski definition) is 2. The van der Waals surface area contributed by atoms with Gasteiger partial charge < -0.3 is 17.2 Å². The summed E-state index contributed by atoms with van der Waals surface area (Å²) in [6, 6.07) is 0.831. The van der Waals surface area contributed by atoms with Gasteiger partial charge in [-0.25, -0.2) is 0 Å². The smallest absolute Gasteiger partial charge is 0.0113 e. The molecule has 0 aromatic heterocycles. The summed E-state index contributed by atoms with van der Waals surface area (Å²) in [4.78, 5) is 4.99. The zero-order valence-corrected chi connectivity index (χ0v) is 17.8. The Hall–Kier alpha value is 1.02. The summed E-state index contributed by atoms with van der Waals surface area (Å²) < 4.78 is 0. The Kier molecular flexibility index (Phi) is 31.7. The zero-order valence-electron chi connectivity index (χ0n) is 15.0. The Labute approximate surface area is 149 Å². The number of piperidine rings is 1. The summed E-state index contributed by atoms with van der Waals surface area (Å²) >= 11 is 0. The first kappa shape index (κ1) is 28.2. The monoisotopic (exact) mass is 348 g/mol. The second kappa shape index (κ2) is 21.3. The first-order valence-electron chi connectivity index (χ1n) is 7.62. The summed E-state index contributed by atoms with van der Waals surface area (Å²) in [7, 11) is 4.40. The van der Waals surface area contributed by atoms with Crippen LogP contribution in [-0.2, 0) is 32.7 Å². The van der Waals surface area contributed by atoms with Gasteiger partial charge in [-0.2, -0.15) is 0 Å². The van der Waals surface area contributed by atoms with Gasteiger partial charge >= 0.3 is 0 Å². The molecule has 0 aromatic carbocycles. The van der Waals surface area contributed by atoms with Crippen molar-refractivity contribution in [2.24, 2.45) is 0 Å². The van der Waals surface area contributed by atoms with Gasteiger partial charge in [-0.1, -0.05) is 41.0 Å². The van der Waals surface area contributed by atoms with Gasteiger partial charge in [0.15, 0.2) is 0 Å². The van der Waals surface area contributed by atoms with Gasteiger partial charge in [0.2, 0.25) is 0 Å². The van der Waals surface area contributed by atoms with Crippen molar-refractivity contribution < 1.29 is 32.7 Å². The summed E-state index contributed by atoms with van der Waals surface area (Å²) in [5.41, 5.74) is 0. The summed E-state index contributed by atoms with van der Waals surface area (Å²) in [5.74, 6) is 0. The van der Waals surface area contributed by atoms with Crippen LogP contribution in [0.4, 0.5) is 0 Å². The van der Waals surface area contributed by atoms with Crippen molar-refractivity contribution in [3.05, 3.63) is 7.43 Å². The Morgan fingerprint density at radius 2 is 1.42 bits per heavy atom. The van der Waals surface area contributed by atoms with E-state index >= 15 is 0 Å². The van der Waals surface area contributed by atoms with Crippen LogP contribution in [0.15, 0.2) is 0 Å².